The maximum Gasteiger partial charge on any atom is 0.311 e. The zero-order valence-corrected chi connectivity index (χ0v) is 11.2. The predicted octanol–water partition coefficient (Wildman–Crippen LogP) is 3.00. The molecular weight excluding hydrogens is 264 g/mol. The third-order valence-electron chi connectivity index (χ3n) is 3.98. The van der Waals surface area contributed by atoms with Gasteiger partial charge < -0.3 is 10.8 Å². The lowest BCUT2D eigenvalue weighted by Crippen LogP contribution is -2.43. The smallest absolute Gasteiger partial charge is 0.311 e. The molecule has 0 bridgehead atoms. The highest BCUT2D eigenvalue weighted by Gasteiger charge is 2.49. The summed E-state index contributed by atoms with van der Waals surface area (Å²) in [4.78, 5) is 11.5. The van der Waals surface area contributed by atoms with E-state index in [1.807, 2.05) is 0 Å². The highest BCUT2D eigenvalue weighted by atomic mass is 19.3. The van der Waals surface area contributed by atoms with Crippen LogP contribution >= 0.6 is 0 Å². The second-order valence-corrected chi connectivity index (χ2v) is 5.68. The number of aliphatic carboxylic acids is 1. The number of alkyl halides is 2. The number of benzene rings is 1. The van der Waals surface area contributed by atoms with Gasteiger partial charge >= 0.3 is 5.97 Å². The third kappa shape index (κ3) is 3.15. The largest absolute Gasteiger partial charge is 0.481 e. The molecule has 5 heteroatoms. The SMILES string of the molecule is NCC(CC1CC1)(CC(F)(F)c1ccccc1)C(=O)O. The molecule has 1 aromatic rings. The minimum atomic E-state index is -3.19. The first-order chi connectivity index (χ1) is 9.39. The zero-order chi connectivity index (χ0) is 14.8. The maximum absolute atomic E-state index is 14.4. The first kappa shape index (κ1) is 14.9. The van der Waals surface area contributed by atoms with Crippen molar-refractivity contribution in [2.24, 2.45) is 17.1 Å². The molecule has 2 rings (SSSR count). The van der Waals surface area contributed by atoms with Crippen molar-refractivity contribution in [3.05, 3.63) is 35.9 Å². The van der Waals surface area contributed by atoms with Gasteiger partial charge in [-0.2, -0.15) is 0 Å². The molecule has 1 aliphatic rings. The van der Waals surface area contributed by atoms with Gasteiger partial charge in [0.15, 0.2) is 0 Å². The Morgan fingerprint density at radius 2 is 1.90 bits per heavy atom. The molecule has 1 atom stereocenters. The molecule has 1 saturated carbocycles. The fraction of sp³-hybridized carbons (Fsp3) is 0.533. The molecule has 1 fully saturated rings. The Balaban J connectivity index is 2.24. The average molecular weight is 283 g/mol. The molecule has 0 aliphatic heterocycles. The summed E-state index contributed by atoms with van der Waals surface area (Å²) in [6.07, 6.45) is 1.31. The first-order valence-corrected chi connectivity index (χ1v) is 6.76. The van der Waals surface area contributed by atoms with Gasteiger partial charge in [0.25, 0.3) is 5.92 Å². The van der Waals surface area contributed by atoms with E-state index in [0.717, 1.165) is 12.8 Å². The minimum absolute atomic E-state index is 0.158. The fourth-order valence-corrected chi connectivity index (χ4v) is 2.56. The lowest BCUT2D eigenvalue weighted by Gasteiger charge is -2.32. The maximum atomic E-state index is 14.4. The van der Waals surface area contributed by atoms with Crippen LogP contribution in [-0.4, -0.2) is 17.6 Å². The molecule has 1 aromatic carbocycles. The van der Waals surface area contributed by atoms with Crippen molar-refractivity contribution in [3.8, 4) is 0 Å². The topological polar surface area (TPSA) is 63.3 Å². The van der Waals surface area contributed by atoms with Crippen molar-refractivity contribution >= 4 is 5.97 Å². The Labute approximate surface area is 116 Å². The first-order valence-electron chi connectivity index (χ1n) is 6.76. The van der Waals surface area contributed by atoms with Crippen LogP contribution in [0.1, 0.15) is 31.2 Å². The lowest BCUT2D eigenvalue weighted by atomic mass is 9.76. The fourth-order valence-electron chi connectivity index (χ4n) is 2.56. The highest BCUT2D eigenvalue weighted by molar-refractivity contribution is 5.75. The number of carbonyl (C=O) groups is 1. The standard InChI is InChI=1S/C15H19F2NO2/c16-15(17,12-4-2-1-3-5-12)9-14(10-18,13(19)20)8-11-6-7-11/h1-5,11H,6-10,18H2,(H,19,20). The van der Waals surface area contributed by atoms with Gasteiger partial charge in [-0.15, -0.1) is 0 Å². The van der Waals surface area contributed by atoms with E-state index < -0.39 is 23.7 Å². The summed E-state index contributed by atoms with van der Waals surface area (Å²) < 4.78 is 28.7. The second kappa shape index (κ2) is 5.48. The van der Waals surface area contributed by atoms with E-state index >= 15 is 0 Å². The summed E-state index contributed by atoms with van der Waals surface area (Å²) in [6.45, 7) is -0.263. The number of hydrogen-bond donors (Lipinski definition) is 2. The molecule has 0 radical (unpaired) electrons. The van der Waals surface area contributed by atoms with Crippen LogP contribution in [0, 0.1) is 11.3 Å². The molecule has 1 unspecified atom stereocenters. The van der Waals surface area contributed by atoms with Gasteiger partial charge in [-0.3, -0.25) is 4.79 Å². The predicted molar refractivity (Wildman–Crippen MR) is 71.4 cm³/mol. The molecule has 110 valence electrons. The molecule has 0 aromatic heterocycles. The van der Waals surface area contributed by atoms with Gasteiger partial charge in [0.05, 0.1) is 5.41 Å². The van der Waals surface area contributed by atoms with E-state index in [9.17, 15) is 18.7 Å². The number of halogens is 2. The minimum Gasteiger partial charge on any atom is -0.481 e. The summed E-state index contributed by atoms with van der Waals surface area (Å²) in [6, 6.07) is 7.34. The number of carboxylic acids is 1. The third-order valence-corrected chi connectivity index (χ3v) is 3.98. The van der Waals surface area contributed by atoms with Crippen LogP contribution in [0.5, 0.6) is 0 Å². The molecule has 1 aliphatic carbocycles. The Kier molecular flexibility index (Phi) is 4.09. The van der Waals surface area contributed by atoms with Gasteiger partial charge in [0, 0.05) is 18.5 Å². The van der Waals surface area contributed by atoms with E-state index in [0.29, 0.717) is 0 Å². The molecule has 3 nitrogen and oxygen atoms in total. The van der Waals surface area contributed by atoms with Gasteiger partial charge in [-0.1, -0.05) is 43.2 Å². The van der Waals surface area contributed by atoms with Crippen molar-refractivity contribution in [1.82, 2.24) is 0 Å². The summed E-state index contributed by atoms with van der Waals surface area (Å²) in [5, 5.41) is 9.40. The normalized spacial score (nSPS) is 18.6. The highest BCUT2D eigenvalue weighted by Crippen LogP contribution is 2.47. The van der Waals surface area contributed by atoms with Crippen LogP contribution in [0.15, 0.2) is 30.3 Å². The lowest BCUT2D eigenvalue weighted by molar-refractivity contribution is -0.156. The van der Waals surface area contributed by atoms with Gasteiger partial charge in [0.2, 0.25) is 0 Å². The molecule has 0 saturated heterocycles. The Morgan fingerprint density at radius 3 is 2.35 bits per heavy atom. The van der Waals surface area contributed by atoms with E-state index in [1.165, 1.54) is 24.3 Å². The Hall–Kier alpha value is -1.49. The van der Waals surface area contributed by atoms with Crippen LogP contribution < -0.4 is 5.73 Å². The van der Waals surface area contributed by atoms with Crippen molar-refractivity contribution in [2.75, 3.05) is 6.54 Å². The van der Waals surface area contributed by atoms with Crippen molar-refractivity contribution in [3.63, 3.8) is 0 Å². The second-order valence-electron chi connectivity index (χ2n) is 5.68. The van der Waals surface area contributed by atoms with Crippen LogP contribution in [0.4, 0.5) is 8.78 Å². The van der Waals surface area contributed by atoms with Crippen LogP contribution in [0.25, 0.3) is 0 Å². The van der Waals surface area contributed by atoms with E-state index in [1.54, 1.807) is 6.07 Å². The Bertz CT molecular complexity index is 474. The molecular formula is C15H19F2NO2. The van der Waals surface area contributed by atoms with Gasteiger partial charge in [-0.05, 0) is 12.3 Å². The number of carboxylic acid groups (broad SMARTS) is 1. The summed E-state index contributed by atoms with van der Waals surface area (Å²) in [5.41, 5.74) is 3.86. The molecule has 0 amide bonds. The van der Waals surface area contributed by atoms with Crippen LogP contribution in [0.3, 0.4) is 0 Å². The molecule has 20 heavy (non-hydrogen) atoms. The van der Waals surface area contributed by atoms with E-state index in [-0.39, 0.29) is 24.4 Å². The van der Waals surface area contributed by atoms with E-state index in [4.69, 9.17) is 5.73 Å². The summed E-state index contributed by atoms with van der Waals surface area (Å²) >= 11 is 0. The number of rotatable bonds is 7. The monoisotopic (exact) mass is 283 g/mol. The number of hydrogen-bond acceptors (Lipinski definition) is 2. The van der Waals surface area contributed by atoms with Gasteiger partial charge in [0.1, 0.15) is 0 Å². The van der Waals surface area contributed by atoms with Crippen molar-refractivity contribution < 1.29 is 18.7 Å². The zero-order valence-electron chi connectivity index (χ0n) is 11.2. The van der Waals surface area contributed by atoms with Crippen molar-refractivity contribution in [2.45, 2.75) is 31.6 Å². The molecule has 0 heterocycles. The average Bonchev–Trinajstić information content (AvgIpc) is 3.22. The summed E-state index contributed by atoms with van der Waals surface area (Å²) in [7, 11) is 0. The quantitative estimate of drug-likeness (QED) is 0.808. The molecule has 3 N–H and O–H groups in total. The van der Waals surface area contributed by atoms with Crippen LogP contribution in [-0.2, 0) is 10.7 Å². The number of nitrogens with two attached hydrogens (primary N) is 1. The van der Waals surface area contributed by atoms with Gasteiger partial charge in [-0.25, -0.2) is 8.78 Å². The summed E-state index contributed by atoms with van der Waals surface area (Å²) in [5.74, 6) is -4.18. The Morgan fingerprint density at radius 1 is 1.30 bits per heavy atom. The van der Waals surface area contributed by atoms with E-state index in [2.05, 4.69) is 0 Å². The van der Waals surface area contributed by atoms with Crippen molar-refractivity contribution in [1.29, 1.82) is 0 Å². The van der Waals surface area contributed by atoms with Crippen LogP contribution in [0.2, 0.25) is 0 Å². The molecule has 0 spiro atoms.